The van der Waals surface area contributed by atoms with Crippen molar-refractivity contribution >= 4 is 17.5 Å². The first kappa shape index (κ1) is 18.6. The second-order valence-electron chi connectivity index (χ2n) is 6.84. The molecule has 2 aliphatic rings. The number of carbonyl (C=O) groups is 1. The van der Waals surface area contributed by atoms with Gasteiger partial charge in [0.15, 0.2) is 0 Å². The predicted molar refractivity (Wildman–Crippen MR) is 99.8 cm³/mol. The van der Waals surface area contributed by atoms with E-state index >= 15 is 0 Å². The van der Waals surface area contributed by atoms with Gasteiger partial charge in [0, 0.05) is 45.9 Å². The van der Waals surface area contributed by atoms with Gasteiger partial charge in [-0.1, -0.05) is 29.8 Å². The molecule has 2 aliphatic heterocycles. The Morgan fingerprint density at radius 2 is 1.88 bits per heavy atom. The molecule has 0 bridgehead atoms. The largest absolute Gasteiger partial charge is 0.380 e. The Balaban J connectivity index is 1.78. The van der Waals surface area contributed by atoms with Crippen molar-refractivity contribution < 1.29 is 9.53 Å². The number of alkyl halides is 1. The number of halogens is 1. The average molecular weight is 366 g/mol. The molecule has 2 fully saturated rings. The van der Waals surface area contributed by atoms with E-state index in [1.54, 1.807) is 0 Å². The van der Waals surface area contributed by atoms with Crippen molar-refractivity contribution in [3.8, 4) is 0 Å². The van der Waals surface area contributed by atoms with Crippen molar-refractivity contribution in [1.82, 2.24) is 14.7 Å². The Kier molecular flexibility index (Phi) is 6.70. The molecule has 0 aliphatic carbocycles. The minimum Gasteiger partial charge on any atom is -0.380 e. The van der Waals surface area contributed by atoms with Gasteiger partial charge in [-0.05, 0) is 18.9 Å². The molecular formula is C19H28ClN3O2. The molecule has 0 aromatic heterocycles. The summed E-state index contributed by atoms with van der Waals surface area (Å²) in [5, 5.41) is 0. The van der Waals surface area contributed by atoms with Crippen LogP contribution in [0.5, 0.6) is 0 Å². The normalized spacial score (nSPS) is 21.8. The molecule has 1 unspecified atom stereocenters. The Bertz CT molecular complexity index is 568. The number of carbonyl (C=O) groups excluding carboxylic acids is 1. The summed E-state index contributed by atoms with van der Waals surface area (Å²) in [6.07, 6.45) is 1.31. The minimum atomic E-state index is 0.0385. The maximum absolute atomic E-state index is 11.9. The number of aryl methyl sites for hydroxylation is 1. The van der Waals surface area contributed by atoms with Crippen LogP contribution in [0.25, 0.3) is 0 Å². The summed E-state index contributed by atoms with van der Waals surface area (Å²) in [4.78, 5) is 18.8. The van der Waals surface area contributed by atoms with Gasteiger partial charge in [-0.3, -0.25) is 14.6 Å². The molecule has 1 aromatic carbocycles. The fraction of sp³-hybridized carbons (Fsp3) is 0.632. The lowest BCUT2D eigenvalue weighted by Gasteiger charge is -2.43. The van der Waals surface area contributed by atoms with Gasteiger partial charge in [0.1, 0.15) is 5.88 Å². The SMILES string of the molecule is Cc1cccc(C(N2CCCOCC2)N2CCN(C(=O)CCl)CC2)c1. The molecule has 1 aromatic rings. The molecule has 0 N–H and O–H groups in total. The highest BCUT2D eigenvalue weighted by molar-refractivity contribution is 6.27. The van der Waals surface area contributed by atoms with Crippen molar-refractivity contribution in [3.05, 3.63) is 35.4 Å². The van der Waals surface area contributed by atoms with Gasteiger partial charge in [0.2, 0.25) is 5.91 Å². The van der Waals surface area contributed by atoms with Gasteiger partial charge in [0.05, 0.1) is 12.8 Å². The number of rotatable bonds is 4. The highest BCUT2D eigenvalue weighted by atomic mass is 35.5. The van der Waals surface area contributed by atoms with Crippen LogP contribution in [0.1, 0.15) is 23.7 Å². The molecule has 3 rings (SSSR count). The van der Waals surface area contributed by atoms with Crippen LogP contribution in [0.2, 0.25) is 0 Å². The molecule has 0 saturated carbocycles. The van der Waals surface area contributed by atoms with Crippen LogP contribution in [-0.2, 0) is 9.53 Å². The molecule has 6 heteroatoms. The zero-order chi connectivity index (χ0) is 17.6. The van der Waals surface area contributed by atoms with Crippen molar-refractivity contribution in [1.29, 1.82) is 0 Å². The summed E-state index contributed by atoms with van der Waals surface area (Å²) in [6.45, 7) is 9.00. The number of benzene rings is 1. The fourth-order valence-corrected chi connectivity index (χ4v) is 3.96. The third kappa shape index (κ3) is 4.73. The first-order valence-corrected chi connectivity index (χ1v) is 9.68. The van der Waals surface area contributed by atoms with Crippen LogP contribution in [-0.4, -0.2) is 79.0 Å². The summed E-state index contributed by atoms with van der Waals surface area (Å²) in [5.41, 5.74) is 2.61. The summed E-state index contributed by atoms with van der Waals surface area (Å²) in [6, 6.07) is 8.79. The maximum atomic E-state index is 11.9. The van der Waals surface area contributed by atoms with Crippen LogP contribution in [0.15, 0.2) is 24.3 Å². The standard InChI is InChI=1S/C19H28ClN3O2/c1-16-4-2-5-17(14-16)19(22-6-3-12-25-13-11-22)23-9-7-21(8-10-23)18(24)15-20/h2,4-5,14,19H,3,6-13,15H2,1H3. The van der Waals surface area contributed by atoms with Crippen molar-refractivity contribution in [2.75, 3.05) is 58.4 Å². The van der Waals surface area contributed by atoms with E-state index in [-0.39, 0.29) is 18.0 Å². The van der Waals surface area contributed by atoms with E-state index < -0.39 is 0 Å². The molecule has 1 amide bonds. The average Bonchev–Trinajstić information content (AvgIpc) is 2.91. The zero-order valence-corrected chi connectivity index (χ0v) is 15.7. The second kappa shape index (κ2) is 8.99. The molecule has 2 saturated heterocycles. The lowest BCUT2D eigenvalue weighted by atomic mass is 10.1. The Hall–Kier alpha value is -1.14. The molecule has 0 radical (unpaired) electrons. The number of hydrogen-bond acceptors (Lipinski definition) is 4. The highest BCUT2D eigenvalue weighted by Gasteiger charge is 2.31. The first-order chi connectivity index (χ1) is 12.2. The second-order valence-corrected chi connectivity index (χ2v) is 7.11. The fourth-order valence-electron chi connectivity index (χ4n) is 3.79. The molecule has 5 nitrogen and oxygen atoms in total. The smallest absolute Gasteiger partial charge is 0.237 e. The van der Waals surface area contributed by atoms with Crippen molar-refractivity contribution in [3.63, 3.8) is 0 Å². The van der Waals surface area contributed by atoms with Crippen LogP contribution in [0.3, 0.4) is 0 Å². The molecular weight excluding hydrogens is 338 g/mol. The lowest BCUT2D eigenvalue weighted by Crippen LogP contribution is -2.53. The summed E-state index contributed by atoms with van der Waals surface area (Å²) in [5.74, 6) is 0.113. The van der Waals surface area contributed by atoms with E-state index in [2.05, 4.69) is 41.0 Å². The third-order valence-electron chi connectivity index (χ3n) is 5.07. The molecule has 2 heterocycles. The number of piperazine rings is 1. The predicted octanol–water partition coefficient (Wildman–Crippen LogP) is 2.10. The monoisotopic (exact) mass is 365 g/mol. The quantitative estimate of drug-likeness (QED) is 0.766. The molecule has 0 spiro atoms. The molecule has 1 atom stereocenters. The highest BCUT2D eigenvalue weighted by Crippen LogP contribution is 2.28. The van der Waals surface area contributed by atoms with Gasteiger partial charge in [0.25, 0.3) is 0 Å². The molecule has 25 heavy (non-hydrogen) atoms. The number of ether oxygens (including phenoxy) is 1. The van der Waals surface area contributed by atoms with E-state index in [9.17, 15) is 4.79 Å². The minimum absolute atomic E-state index is 0.0385. The van der Waals surface area contributed by atoms with Gasteiger partial charge in [-0.25, -0.2) is 0 Å². The van der Waals surface area contributed by atoms with Gasteiger partial charge >= 0.3 is 0 Å². The number of hydrogen-bond donors (Lipinski definition) is 0. The Morgan fingerprint density at radius 3 is 2.60 bits per heavy atom. The summed E-state index contributed by atoms with van der Waals surface area (Å²) < 4.78 is 5.66. The number of amides is 1. The van der Waals surface area contributed by atoms with E-state index in [1.165, 1.54) is 11.1 Å². The summed E-state index contributed by atoms with van der Waals surface area (Å²) >= 11 is 5.71. The third-order valence-corrected chi connectivity index (χ3v) is 5.30. The van der Waals surface area contributed by atoms with Gasteiger partial charge in [-0.15, -0.1) is 11.6 Å². The molecule has 138 valence electrons. The van der Waals surface area contributed by atoms with Crippen molar-refractivity contribution in [2.24, 2.45) is 0 Å². The van der Waals surface area contributed by atoms with E-state index in [4.69, 9.17) is 16.3 Å². The van der Waals surface area contributed by atoms with Crippen LogP contribution in [0, 0.1) is 6.92 Å². The Morgan fingerprint density at radius 1 is 1.12 bits per heavy atom. The van der Waals surface area contributed by atoms with Crippen LogP contribution < -0.4 is 0 Å². The number of nitrogens with zero attached hydrogens (tertiary/aromatic N) is 3. The van der Waals surface area contributed by atoms with E-state index in [0.717, 1.165) is 58.9 Å². The van der Waals surface area contributed by atoms with Crippen LogP contribution in [0.4, 0.5) is 0 Å². The van der Waals surface area contributed by atoms with Crippen LogP contribution >= 0.6 is 11.6 Å². The van der Waals surface area contributed by atoms with Gasteiger partial charge < -0.3 is 9.64 Å². The van der Waals surface area contributed by atoms with E-state index in [1.807, 2.05) is 4.90 Å². The van der Waals surface area contributed by atoms with Gasteiger partial charge in [-0.2, -0.15) is 0 Å². The Labute approximate surface area is 155 Å². The van der Waals surface area contributed by atoms with Crippen molar-refractivity contribution in [2.45, 2.75) is 19.5 Å². The van der Waals surface area contributed by atoms with E-state index in [0.29, 0.717) is 0 Å². The maximum Gasteiger partial charge on any atom is 0.237 e. The lowest BCUT2D eigenvalue weighted by molar-refractivity contribution is -0.131. The zero-order valence-electron chi connectivity index (χ0n) is 15.0. The summed E-state index contributed by atoms with van der Waals surface area (Å²) in [7, 11) is 0. The first-order valence-electron chi connectivity index (χ1n) is 9.15. The topological polar surface area (TPSA) is 36.0 Å².